The molecule has 5 rings (SSSR count). The van der Waals surface area contributed by atoms with Gasteiger partial charge in [0.05, 0.1) is 28.4 Å². The van der Waals surface area contributed by atoms with E-state index >= 15 is 0 Å². The smallest absolute Gasteiger partial charge is 0.331 e. The molecule has 3 aliphatic heterocycles. The van der Waals surface area contributed by atoms with Gasteiger partial charge < -0.3 is 9.80 Å². The number of anilines is 1. The maximum atomic E-state index is 13.6. The van der Waals surface area contributed by atoms with Crippen molar-refractivity contribution < 1.29 is 23.2 Å². The van der Waals surface area contributed by atoms with Crippen LogP contribution in [0.3, 0.4) is 0 Å². The van der Waals surface area contributed by atoms with Crippen molar-refractivity contribution in [3.8, 4) is 6.07 Å². The average molecular weight is 457 g/mol. The summed E-state index contributed by atoms with van der Waals surface area (Å²) in [7, 11) is 0. The average Bonchev–Trinajstić information content (AvgIpc) is 3.41. The molecule has 2 aromatic carbocycles. The second-order valence-corrected chi connectivity index (χ2v) is 8.44. The number of piperazine rings is 1. The van der Waals surface area contributed by atoms with Gasteiger partial charge in [-0.15, -0.1) is 0 Å². The minimum absolute atomic E-state index is 0.148. The third-order valence-electron chi connectivity index (χ3n) is 6.35. The van der Waals surface area contributed by atoms with Gasteiger partial charge in [-0.05, 0) is 43.2 Å². The molecule has 3 fully saturated rings. The molecular weight excluding hydrogens is 442 g/mol. The van der Waals surface area contributed by atoms with Gasteiger partial charge in [-0.3, -0.25) is 9.59 Å². The van der Waals surface area contributed by atoms with Crippen LogP contribution in [0.15, 0.2) is 30.3 Å². The minimum atomic E-state index is -0.891. The van der Waals surface area contributed by atoms with Crippen LogP contribution in [0.25, 0.3) is 0 Å². The number of carbonyl (C=O) groups is 3. The van der Waals surface area contributed by atoms with Gasteiger partial charge in [0.25, 0.3) is 11.8 Å². The van der Waals surface area contributed by atoms with E-state index in [9.17, 15) is 23.2 Å². The predicted molar refractivity (Wildman–Crippen MR) is 109 cm³/mol. The summed E-state index contributed by atoms with van der Waals surface area (Å²) in [5.74, 6) is -2.84. The normalized spacial score (nSPS) is 23.7. The van der Waals surface area contributed by atoms with Gasteiger partial charge in [0.1, 0.15) is 23.7 Å². The molecule has 10 heteroatoms. The van der Waals surface area contributed by atoms with Gasteiger partial charge in [0.15, 0.2) is 0 Å². The van der Waals surface area contributed by atoms with Crippen LogP contribution in [0.4, 0.5) is 19.3 Å². The Labute approximate surface area is 186 Å². The van der Waals surface area contributed by atoms with Crippen molar-refractivity contribution in [2.24, 2.45) is 0 Å². The highest BCUT2D eigenvalue weighted by atomic mass is 35.5. The molecular formula is C22H15ClF2N4O3. The number of nitriles is 1. The summed E-state index contributed by atoms with van der Waals surface area (Å²) >= 11 is 6.22. The van der Waals surface area contributed by atoms with E-state index in [0.29, 0.717) is 18.1 Å². The van der Waals surface area contributed by atoms with Crippen molar-refractivity contribution in [3.05, 3.63) is 63.7 Å². The molecule has 0 aliphatic carbocycles. The van der Waals surface area contributed by atoms with Crippen LogP contribution in [-0.4, -0.2) is 52.3 Å². The molecule has 7 nitrogen and oxygen atoms in total. The Morgan fingerprint density at radius 1 is 1.19 bits per heavy atom. The molecule has 3 heterocycles. The van der Waals surface area contributed by atoms with E-state index in [1.54, 1.807) is 6.92 Å². The lowest BCUT2D eigenvalue weighted by atomic mass is 10.1. The molecule has 2 unspecified atom stereocenters. The summed E-state index contributed by atoms with van der Waals surface area (Å²) in [5, 5.41) is 9.30. The lowest BCUT2D eigenvalue weighted by molar-refractivity contribution is -0.121. The topological polar surface area (TPSA) is 84.7 Å². The van der Waals surface area contributed by atoms with Crippen LogP contribution in [0.5, 0.6) is 0 Å². The van der Waals surface area contributed by atoms with Crippen LogP contribution in [0, 0.1) is 29.9 Å². The number of halogens is 3. The molecule has 2 bridgehead atoms. The summed E-state index contributed by atoms with van der Waals surface area (Å²) in [6.45, 7) is 1.78. The van der Waals surface area contributed by atoms with E-state index in [0.717, 1.165) is 17.0 Å². The number of rotatable bonds is 2. The first-order valence-corrected chi connectivity index (χ1v) is 10.2. The number of amides is 4. The van der Waals surface area contributed by atoms with Crippen molar-refractivity contribution in [1.29, 1.82) is 5.26 Å². The zero-order valence-electron chi connectivity index (χ0n) is 16.7. The Hall–Kier alpha value is -3.51. The Morgan fingerprint density at radius 3 is 2.53 bits per heavy atom. The van der Waals surface area contributed by atoms with Gasteiger partial charge in [0, 0.05) is 18.2 Å². The van der Waals surface area contributed by atoms with Crippen molar-refractivity contribution >= 4 is 35.1 Å². The van der Waals surface area contributed by atoms with Crippen molar-refractivity contribution in [2.75, 3.05) is 11.4 Å². The van der Waals surface area contributed by atoms with Gasteiger partial charge in [-0.25, -0.2) is 18.5 Å². The van der Waals surface area contributed by atoms with Crippen LogP contribution in [0.1, 0.15) is 27.9 Å². The minimum Gasteiger partial charge on any atom is -0.331 e. The van der Waals surface area contributed by atoms with Gasteiger partial charge >= 0.3 is 6.03 Å². The number of hydrogen-bond donors (Lipinski definition) is 0. The van der Waals surface area contributed by atoms with Crippen molar-refractivity contribution in [1.82, 2.24) is 9.80 Å². The molecule has 3 atom stereocenters. The highest BCUT2D eigenvalue weighted by Crippen LogP contribution is 2.44. The second kappa shape index (κ2) is 7.00. The summed E-state index contributed by atoms with van der Waals surface area (Å²) in [4.78, 5) is 43.3. The molecule has 0 saturated carbocycles. The highest BCUT2D eigenvalue weighted by molar-refractivity contribution is 6.33. The van der Waals surface area contributed by atoms with E-state index in [1.807, 2.05) is 6.07 Å². The zero-order valence-corrected chi connectivity index (χ0v) is 17.4. The maximum Gasteiger partial charge on any atom is 0.332 e. The summed E-state index contributed by atoms with van der Waals surface area (Å²) in [6.07, 6.45) is 0.409. The number of carbonyl (C=O) groups excluding carboxylic acids is 3. The zero-order chi connectivity index (χ0) is 22.9. The van der Waals surface area contributed by atoms with E-state index in [1.165, 1.54) is 21.9 Å². The van der Waals surface area contributed by atoms with Crippen LogP contribution in [0.2, 0.25) is 5.02 Å². The molecule has 32 heavy (non-hydrogen) atoms. The third-order valence-corrected chi connectivity index (χ3v) is 6.84. The summed E-state index contributed by atoms with van der Waals surface area (Å²) in [6, 6.07) is 5.08. The van der Waals surface area contributed by atoms with Crippen LogP contribution >= 0.6 is 11.6 Å². The van der Waals surface area contributed by atoms with Crippen LogP contribution < -0.4 is 4.90 Å². The van der Waals surface area contributed by atoms with Crippen molar-refractivity contribution in [3.63, 3.8) is 0 Å². The fraction of sp³-hybridized carbons (Fsp3) is 0.273. The predicted octanol–water partition coefficient (Wildman–Crippen LogP) is 3.23. The third kappa shape index (κ3) is 2.72. The number of imide groups is 1. The molecule has 2 aromatic rings. The largest absolute Gasteiger partial charge is 0.332 e. The Kier molecular flexibility index (Phi) is 4.46. The summed E-state index contributed by atoms with van der Waals surface area (Å²) < 4.78 is 27.2. The molecule has 4 amide bonds. The van der Waals surface area contributed by atoms with Crippen LogP contribution in [-0.2, 0) is 4.79 Å². The first-order chi connectivity index (χ1) is 15.2. The molecule has 162 valence electrons. The lowest BCUT2D eigenvalue weighted by Gasteiger charge is -2.35. The number of benzene rings is 2. The van der Waals surface area contributed by atoms with Gasteiger partial charge in [-0.1, -0.05) is 11.6 Å². The Balaban J connectivity index is 1.47. The number of likely N-dealkylation sites (tertiary alicyclic amines) is 1. The van der Waals surface area contributed by atoms with Crippen molar-refractivity contribution in [2.45, 2.75) is 31.5 Å². The van der Waals surface area contributed by atoms with E-state index in [2.05, 4.69) is 0 Å². The molecule has 3 saturated heterocycles. The first-order valence-electron chi connectivity index (χ1n) is 9.85. The van der Waals surface area contributed by atoms with E-state index < -0.39 is 41.6 Å². The number of urea groups is 1. The monoisotopic (exact) mass is 456 g/mol. The first kappa shape index (κ1) is 20.4. The standard InChI is InChI=1S/C22H15ClF2N4O3/c1-10-16(3-2-11(8-26)18(10)23)29-21(31)19-17-7-15(28(19)22(29)32)9-27(17)20(30)12-4-13(24)6-14(25)5-12/h2-6,15,17,19H,7,9H2,1H3/t15?,17?,19-/m1/s1. The number of nitrogens with zero attached hydrogens (tertiary/aromatic N) is 4. The van der Waals surface area contributed by atoms with E-state index in [4.69, 9.17) is 16.9 Å². The second-order valence-electron chi connectivity index (χ2n) is 8.06. The SMILES string of the molecule is Cc1c(N2C(=O)[C@H]3C4CC(CN4C(=O)c4cc(F)cc(F)c4)N3C2=O)ccc(C#N)c1Cl. The fourth-order valence-corrected chi connectivity index (χ4v) is 5.16. The molecule has 0 aromatic heterocycles. The Morgan fingerprint density at radius 2 is 1.88 bits per heavy atom. The molecule has 3 aliphatic rings. The Bertz CT molecular complexity index is 1240. The van der Waals surface area contributed by atoms with E-state index in [-0.39, 0.29) is 34.4 Å². The molecule has 0 N–H and O–H groups in total. The van der Waals surface area contributed by atoms with Gasteiger partial charge in [0.2, 0.25) is 0 Å². The molecule has 0 spiro atoms. The fourth-order valence-electron chi connectivity index (χ4n) is 4.96. The number of hydrogen-bond acceptors (Lipinski definition) is 4. The summed E-state index contributed by atoms with van der Waals surface area (Å²) in [5.41, 5.74) is 0.781. The highest BCUT2D eigenvalue weighted by Gasteiger charge is 2.63. The maximum absolute atomic E-state index is 13.6. The number of fused-ring (bicyclic) bond motifs is 5. The quantitative estimate of drug-likeness (QED) is 0.649. The lowest BCUT2D eigenvalue weighted by Crippen LogP contribution is -2.54. The molecule has 0 radical (unpaired) electrons. The van der Waals surface area contributed by atoms with Gasteiger partial charge in [-0.2, -0.15) is 5.26 Å².